The molecule has 8 heteroatoms. The highest BCUT2D eigenvalue weighted by molar-refractivity contribution is 5.91. The van der Waals surface area contributed by atoms with Crippen molar-refractivity contribution in [3.63, 3.8) is 0 Å². The minimum Gasteiger partial charge on any atom is -0.478 e. The Labute approximate surface area is 117 Å². The molecule has 1 aromatic carbocycles. The molecule has 0 saturated heterocycles. The molecule has 0 aliphatic carbocycles. The fraction of sp³-hybridized carbons (Fsp3) is 0.154. The second-order valence-electron chi connectivity index (χ2n) is 4.08. The standard InChI is InChI=1S/C13H9F3N2O3/c1-7-3-2-4-8(11(19)20)10(7)21-12-17-6-5-9(18-12)13(14,15)16/h2-6H,1H3,(H,19,20). The van der Waals surface area contributed by atoms with Gasteiger partial charge in [0.15, 0.2) is 5.69 Å². The van der Waals surface area contributed by atoms with Crippen LogP contribution < -0.4 is 4.74 Å². The second kappa shape index (κ2) is 5.39. The van der Waals surface area contributed by atoms with Crippen LogP contribution >= 0.6 is 0 Å². The van der Waals surface area contributed by atoms with Crippen LogP contribution in [0.2, 0.25) is 0 Å². The third-order valence-electron chi connectivity index (χ3n) is 2.56. The number of hydrogen-bond acceptors (Lipinski definition) is 4. The Bertz CT molecular complexity index is 687. The first-order chi connectivity index (χ1) is 9.79. The quantitative estimate of drug-likeness (QED) is 0.941. The normalized spacial score (nSPS) is 11.2. The topological polar surface area (TPSA) is 72.3 Å². The van der Waals surface area contributed by atoms with Gasteiger partial charge in [0.05, 0.1) is 0 Å². The Morgan fingerprint density at radius 3 is 2.62 bits per heavy atom. The maximum atomic E-state index is 12.6. The molecule has 0 amide bonds. The molecule has 0 fully saturated rings. The minimum absolute atomic E-state index is 0.0932. The van der Waals surface area contributed by atoms with E-state index < -0.39 is 23.8 Å². The highest BCUT2D eigenvalue weighted by Crippen LogP contribution is 2.31. The lowest BCUT2D eigenvalue weighted by molar-refractivity contribution is -0.141. The van der Waals surface area contributed by atoms with Crippen molar-refractivity contribution in [2.24, 2.45) is 0 Å². The van der Waals surface area contributed by atoms with Gasteiger partial charge in [0.25, 0.3) is 0 Å². The summed E-state index contributed by atoms with van der Waals surface area (Å²) in [5, 5.41) is 9.05. The van der Waals surface area contributed by atoms with Crippen molar-refractivity contribution in [2.75, 3.05) is 0 Å². The smallest absolute Gasteiger partial charge is 0.433 e. The number of nitrogens with zero attached hydrogens (tertiary/aromatic N) is 2. The number of aryl methyl sites for hydroxylation is 1. The summed E-state index contributed by atoms with van der Waals surface area (Å²) < 4.78 is 42.8. The average Bonchev–Trinajstić information content (AvgIpc) is 2.40. The van der Waals surface area contributed by atoms with Crippen molar-refractivity contribution in [1.29, 1.82) is 0 Å². The number of carboxylic acids is 1. The van der Waals surface area contributed by atoms with E-state index in [1.165, 1.54) is 12.1 Å². The molecule has 0 saturated carbocycles. The van der Waals surface area contributed by atoms with Crippen LogP contribution in [-0.2, 0) is 6.18 Å². The zero-order valence-corrected chi connectivity index (χ0v) is 10.7. The molecule has 0 bridgehead atoms. The number of benzene rings is 1. The summed E-state index contributed by atoms with van der Waals surface area (Å²) in [6, 6.07) is 4.47. The molecule has 21 heavy (non-hydrogen) atoms. The zero-order chi connectivity index (χ0) is 15.6. The first-order valence-corrected chi connectivity index (χ1v) is 5.70. The van der Waals surface area contributed by atoms with Gasteiger partial charge in [0.1, 0.15) is 11.3 Å². The molecule has 1 heterocycles. The van der Waals surface area contributed by atoms with Gasteiger partial charge in [-0.1, -0.05) is 12.1 Å². The second-order valence-corrected chi connectivity index (χ2v) is 4.08. The van der Waals surface area contributed by atoms with Crippen molar-refractivity contribution >= 4 is 5.97 Å². The Morgan fingerprint density at radius 2 is 2.00 bits per heavy atom. The van der Waals surface area contributed by atoms with Crippen molar-refractivity contribution in [2.45, 2.75) is 13.1 Å². The van der Waals surface area contributed by atoms with Crippen LogP contribution in [0.25, 0.3) is 0 Å². The van der Waals surface area contributed by atoms with E-state index in [0.717, 1.165) is 6.20 Å². The fourth-order valence-electron chi connectivity index (χ4n) is 1.60. The first-order valence-electron chi connectivity index (χ1n) is 5.70. The number of ether oxygens (including phenoxy) is 1. The number of aromatic nitrogens is 2. The largest absolute Gasteiger partial charge is 0.478 e. The van der Waals surface area contributed by atoms with E-state index in [2.05, 4.69) is 9.97 Å². The number of hydrogen-bond donors (Lipinski definition) is 1. The SMILES string of the molecule is Cc1cccc(C(=O)O)c1Oc1nccc(C(F)(F)F)n1. The predicted octanol–water partition coefficient (Wildman–Crippen LogP) is 3.29. The Morgan fingerprint density at radius 1 is 1.29 bits per heavy atom. The fourth-order valence-corrected chi connectivity index (χ4v) is 1.60. The van der Waals surface area contributed by atoms with Gasteiger partial charge in [-0.25, -0.2) is 9.78 Å². The average molecular weight is 298 g/mol. The molecule has 1 aromatic heterocycles. The summed E-state index contributed by atoms with van der Waals surface area (Å²) in [6.07, 6.45) is -3.74. The number of halogens is 3. The molecule has 0 unspecified atom stereocenters. The van der Waals surface area contributed by atoms with Gasteiger partial charge in [-0.15, -0.1) is 0 Å². The van der Waals surface area contributed by atoms with E-state index in [0.29, 0.717) is 11.6 Å². The summed E-state index contributed by atoms with van der Waals surface area (Å²) in [7, 11) is 0. The van der Waals surface area contributed by atoms with Crippen molar-refractivity contribution in [3.8, 4) is 11.8 Å². The Kier molecular flexibility index (Phi) is 3.79. The zero-order valence-electron chi connectivity index (χ0n) is 10.7. The predicted molar refractivity (Wildman–Crippen MR) is 65.2 cm³/mol. The molecule has 0 radical (unpaired) electrons. The van der Waals surface area contributed by atoms with Crippen LogP contribution in [0.3, 0.4) is 0 Å². The van der Waals surface area contributed by atoms with Crippen LogP contribution in [0.4, 0.5) is 13.2 Å². The number of alkyl halides is 3. The van der Waals surface area contributed by atoms with Crippen LogP contribution in [0.5, 0.6) is 11.8 Å². The van der Waals surface area contributed by atoms with E-state index in [9.17, 15) is 18.0 Å². The minimum atomic E-state index is -4.64. The summed E-state index contributed by atoms with van der Waals surface area (Å²) in [6.45, 7) is 1.56. The number of rotatable bonds is 3. The van der Waals surface area contributed by atoms with Gasteiger partial charge < -0.3 is 9.84 Å². The van der Waals surface area contributed by atoms with Crippen LogP contribution in [-0.4, -0.2) is 21.0 Å². The number of para-hydroxylation sites is 1. The molecule has 2 rings (SSSR count). The van der Waals surface area contributed by atoms with Gasteiger partial charge in [0, 0.05) is 6.20 Å². The van der Waals surface area contributed by atoms with Gasteiger partial charge in [-0.05, 0) is 24.6 Å². The lowest BCUT2D eigenvalue weighted by Crippen LogP contribution is -2.09. The molecule has 0 aliphatic rings. The highest BCUT2D eigenvalue weighted by Gasteiger charge is 2.33. The summed E-state index contributed by atoms with van der Waals surface area (Å²) >= 11 is 0. The van der Waals surface area contributed by atoms with Crippen molar-refractivity contribution < 1.29 is 27.8 Å². The maximum Gasteiger partial charge on any atom is 0.433 e. The molecule has 5 nitrogen and oxygen atoms in total. The summed E-state index contributed by atoms with van der Waals surface area (Å²) in [5.74, 6) is -1.36. The van der Waals surface area contributed by atoms with Crippen LogP contribution in [0.15, 0.2) is 30.5 Å². The first kappa shape index (κ1) is 14.8. The third-order valence-corrected chi connectivity index (χ3v) is 2.56. The van der Waals surface area contributed by atoms with Gasteiger partial charge in [0.2, 0.25) is 0 Å². The number of carbonyl (C=O) groups is 1. The maximum absolute atomic E-state index is 12.6. The number of carboxylic acid groups (broad SMARTS) is 1. The number of aromatic carboxylic acids is 1. The van der Waals surface area contributed by atoms with Crippen LogP contribution in [0, 0.1) is 6.92 Å². The van der Waals surface area contributed by atoms with E-state index in [1.807, 2.05) is 0 Å². The van der Waals surface area contributed by atoms with Gasteiger partial charge >= 0.3 is 18.2 Å². The van der Waals surface area contributed by atoms with E-state index in [-0.39, 0.29) is 11.3 Å². The van der Waals surface area contributed by atoms with E-state index >= 15 is 0 Å². The van der Waals surface area contributed by atoms with E-state index in [1.54, 1.807) is 13.0 Å². The Balaban J connectivity index is 2.42. The molecule has 1 N–H and O–H groups in total. The lowest BCUT2D eigenvalue weighted by Gasteiger charge is -2.11. The lowest BCUT2D eigenvalue weighted by atomic mass is 10.1. The van der Waals surface area contributed by atoms with Crippen LogP contribution in [0.1, 0.15) is 21.6 Å². The molecule has 2 aromatic rings. The molecular weight excluding hydrogens is 289 g/mol. The molecule has 0 atom stereocenters. The van der Waals surface area contributed by atoms with Crippen molar-refractivity contribution in [1.82, 2.24) is 9.97 Å². The van der Waals surface area contributed by atoms with Crippen molar-refractivity contribution in [3.05, 3.63) is 47.3 Å². The molecular formula is C13H9F3N2O3. The summed E-state index contributed by atoms with van der Waals surface area (Å²) in [4.78, 5) is 17.9. The third kappa shape index (κ3) is 3.28. The molecule has 0 aliphatic heterocycles. The van der Waals surface area contributed by atoms with Gasteiger partial charge in [-0.2, -0.15) is 18.2 Å². The highest BCUT2D eigenvalue weighted by atomic mass is 19.4. The molecule has 110 valence electrons. The van der Waals surface area contributed by atoms with E-state index in [4.69, 9.17) is 9.84 Å². The monoisotopic (exact) mass is 298 g/mol. The molecule has 0 spiro atoms. The summed E-state index contributed by atoms with van der Waals surface area (Å²) in [5.41, 5.74) is -0.912. The Hall–Kier alpha value is -2.64. The van der Waals surface area contributed by atoms with Gasteiger partial charge in [-0.3, -0.25) is 0 Å².